The highest BCUT2D eigenvalue weighted by Gasteiger charge is 1.99. The lowest BCUT2D eigenvalue weighted by atomic mass is 9.99. The minimum absolute atomic E-state index is 1.07. The van der Waals surface area contributed by atoms with E-state index in [-0.39, 0.29) is 0 Å². The van der Waals surface area contributed by atoms with E-state index in [0.717, 1.165) is 6.42 Å². The van der Waals surface area contributed by atoms with Crippen molar-refractivity contribution in [3.8, 4) is 0 Å². The van der Waals surface area contributed by atoms with Crippen LogP contribution in [0.1, 0.15) is 31.2 Å². The van der Waals surface area contributed by atoms with Crippen LogP contribution in [0.2, 0.25) is 0 Å². The Morgan fingerprint density at radius 3 is 2.50 bits per heavy atom. The maximum atomic E-state index is 3.88. The fraction of sp³-hybridized carbons (Fsp3) is 0.312. The van der Waals surface area contributed by atoms with Crippen molar-refractivity contribution < 1.29 is 0 Å². The van der Waals surface area contributed by atoms with Crippen molar-refractivity contribution in [2.75, 3.05) is 0 Å². The van der Waals surface area contributed by atoms with E-state index in [4.69, 9.17) is 0 Å². The van der Waals surface area contributed by atoms with Gasteiger partial charge in [0.2, 0.25) is 0 Å². The van der Waals surface area contributed by atoms with Crippen LogP contribution in [0.4, 0.5) is 0 Å². The molecule has 0 saturated heterocycles. The second kappa shape index (κ2) is 5.69. The summed E-state index contributed by atoms with van der Waals surface area (Å²) in [4.78, 5) is 0. The molecule has 0 spiro atoms. The molecule has 83 valence electrons. The van der Waals surface area contributed by atoms with Gasteiger partial charge in [0.1, 0.15) is 0 Å². The Morgan fingerprint density at radius 2 is 1.62 bits per heavy atom. The molecule has 0 N–H and O–H groups in total. The Morgan fingerprint density at radius 1 is 0.812 bits per heavy atom. The largest absolute Gasteiger partial charge is 0.0616 e. The van der Waals surface area contributed by atoms with E-state index >= 15 is 0 Å². The van der Waals surface area contributed by atoms with Crippen molar-refractivity contribution >= 4 is 10.8 Å². The molecule has 2 aromatic carbocycles. The van der Waals surface area contributed by atoms with E-state index < -0.39 is 0 Å². The highest BCUT2D eigenvalue weighted by atomic mass is 14.0. The molecular formula is C16H19. The molecule has 0 amide bonds. The lowest BCUT2D eigenvalue weighted by molar-refractivity contribution is 0.687. The van der Waals surface area contributed by atoms with Gasteiger partial charge in [-0.2, -0.15) is 0 Å². The van der Waals surface area contributed by atoms with Crippen LogP contribution < -0.4 is 0 Å². The van der Waals surface area contributed by atoms with Gasteiger partial charge in [0.15, 0.2) is 0 Å². The first-order valence-corrected chi connectivity index (χ1v) is 6.17. The van der Waals surface area contributed by atoms with E-state index in [1.165, 1.54) is 42.0 Å². The van der Waals surface area contributed by atoms with Crippen LogP contribution in [0.3, 0.4) is 0 Å². The third kappa shape index (κ3) is 2.63. The number of rotatable bonds is 5. The molecule has 0 nitrogen and oxygen atoms in total. The number of aryl methyl sites for hydroxylation is 1. The van der Waals surface area contributed by atoms with Gasteiger partial charge in [-0.25, -0.2) is 0 Å². The normalized spacial score (nSPS) is 10.8. The molecule has 2 rings (SSSR count). The van der Waals surface area contributed by atoms with Gasteiger partial charge in [-0.05, 0) is 29.2 Å². The summed E-state index contributed by atoms with van der Waals surface area (Å²) >= 11 is 0. The highest BCUT2D eigenvalue weighted by molar-refractivity contribution is 5.85. The molecule has 0 fully saturated rings. The Balaban J connectivity index is 2.11. The molecule has 0 heterocycles. The third-order valence-electron chi connectivity index (χ3n) is 3.08. The van der Waals surface area contributed by atoms with Gasteiger partial charge >= 0.3 is 0 Å². The molecule has 0 atom stereocenters. The lowest BCUT2D eigenvalue weighted by Gasteiger charge is -2.06. The van der Waals surface area contributed by atoms with Gasteiger partial charge in [-0.1, -0.05) is 68.7 Å². The fourth-order valence-electron chi connectivity index (χ4n) is 2.18. The van der Waals surface area contributed by atoms with Gasteiger partial charge in [0.05, 0.1) is 0 Å². The average molecular weight is 211 g/mol. The van der Waals surface area contributed by atoms with Gasteiger partial charge in [0.25, 0.3) is 0 Å². The minimum atomic E-state index is 1.07. The Bertz CT molecular complexity index is 437. The number of hydrogen-bond acceptors (Lipinski definition) is 0. The summed E-state index contributed by atoms with van der Waals surface area (Å²) in [5.74, 6) is 0. The van der Waals surface area contributed by atoms with Crippen molar-refractivity contribution in [2.45, 2.75) is 32.1 Å². The SMILES string of the molecule is [CH2]CCCCCc1cccc2ccccc12. The summed E-state index contributed by atoms with van der Waals surface area (Å²) in [6, 6.07) is 15.3. The first-order valence-electron chi connectivity index (χ1n) is 6.17. The predicted octanol–water partition coefficient (Wildman–Crippen LogP) is 4.78. The summed E-state index contributed by atoms with van der Waals surface area (Å²) in [6.07, 6.45) is 6.10. The van der Waals surface area contributed by atoms with E-state index in [9.17, 15) is 0 Å². The van der Waals surface area contributed by atoms with Crippen molar-refractivity contribution in [3.05, 3.63) is 55.0 Å². The number of unbranched alkanes of at least 4 members (excludes halogenated alkanes) is 3. The Kier molecular flexibility index (Phi) is 3.98. The number of benzene rings is 2. The summed E-state index contributed by atoms with van der Waals surface area (Å²) < 4.78 is 0. The quantitative estimate of drug-likeness (QED) is 0.624. The van der Waals surface area contributed by atoms with Crippen LogP contribution in [0.5, 0.6) is 0 Å². The van der Waals surface area contributed by atoms with Crippen LogP contribution in [0.25, 0.3) is 10.8 Å². The summed E-state index contributed by atoms with van der Waals surface area (Å²) in [7, 11) is 0. The molecule has 0 aliphatic rings. The first kappa shape index (κ1) is 11.2. The standard InChI is InChI=1S/C16H19/c1-2-3-4-5-9-14-11-8-12-15-10-6-7-13-16(14)15/h6-8,10-13H,1-5,9H2. The first-order chi connectivity index (χ1) is 7.92. The molecule has 2 aromatic rings. The minimum Gasteiger partial charge on any atom is -0.0616 e. The summed E-state index contributed by atoms with van der Waals surface area (Å²) in [6.45, 7) is 3.88. The maximum Gasteiger partial charge on any atom is -0.0152 e. The van der Waals surface area contributed by atoms with Crippen molar-refractivity contribution in [2.24, 2.45) is 0 Å². The highest BCUT2D eigenvalue weighted by Crippen LogP contribution is 2.20. The monoisotopic (exact) mass is 211 g/mol. The van der Waals surface area contributed by atoms with E-state index in [1.807, 2.05) is 0 Å². The van der Waals surface area contributed by atoms with Crippen molar-refractivity contribution in [1.29, 1.82) is 0 Å². The molecule has 0 aromatic heterocycles. The molecule has 1 radical (unpaired) electrons. The zero-order valence-electron chi connectivity index (χ0n) is 9.78. The summed E-state index contributed by atoms with van der Waals surface area (Å²) in [5.41, 5.74) is 1.49. The maximum absolute atomic E-state index is 3.88. The third-order valence-corrected chi connectivity index (χ3v) is 3.08. The molecule has 0 aliphatic heterocycles. The van der Waals surface area contributed by atoms with Gasteiger partial charge in [-0.15, -0.1) is 0 Å². The average Bonchev–Trinajstić information content (AvgIpc) is 2.35. The smallest absolute Gasteiger partial charge is 0.0152 e. The predicted molar refractivity (Wildman–Crippen MR) is 71.5 cm³/mol. The van der Waals surface area contributed by atoms with Gasteiger partial charge in [0, 0.05) is 0 Å². The van der Waals surface area contributed by atoms with Crippen LogP contribution in [-0.2, 0) is 6.42 Å². The van der Waals surface area contributed by atoms with Crippen LogP contribution in [-0.4, -0.2) is 0 Å². The van der Waals surface area contributed by atoms with Gasteiger partial charge < -0.3 is 0 Å². The zero-order chi connectivity index (χ0) is 11.2. The van der Waals surface area contributed by atoms with Crippen LogP contribution >= 0.6 is 0 Å². The van der Waals surface area contributed by atoms with E-state index in [2.05, 4.69) is 49.4 Å². The molecular weight excluding hydrogens is 192 g/mol. The zero-order valence-corrected chi connectivity index (χ0v) is 9.78. The van der Waals surface area contributed by atoms with E-state index in [1.54, 1.807) is 0 Å². The molecule has 0 bridgehead atoms. The number of fused-ring (bicyclic) bond motifs is 1. The van der Waals surface area contributed by atoms with Crippen LogP contribution in [0, 0.1) is 6.92 Å². The summed E-state index contributed by atoms with van der Waals surface area (Å²) in [5, 5.41) is 2.77. The van der Waals surface area contributed by atoms with Gasteiger partial charge in [-0.3, -0.25) is 0 Å². The lowest BCUT2D eigenvalue weighted by Crippen LogP contribution is -1.87. The second-order valence-corrected chi connectivity index (χ2v) is 4.30. The van der Waals surface area contributed by atoms with Crippen LogP contribution in [0.15, 0.2) is 42.5 Å². The Labute approximate surface area is 98.3 Å². The molecule has 0 aliphatic carbocycles. The van der Waals surface area contributed by atoms with Crippen molar-refractivity contribution in [3.63, 3.8) is 0 Å². The molecule has 16 heavy (non-hydrogen) atoms. The Hall–Kier alpha value is -1.30. The second-order valence-electron chi connectivity index (χ2n) is 4.30. The van der Waals surface area contributed by atoms with Crippen molar-refractivity contribution in [1.82, 2.24) is 0 Å². The molecule has 0 saturated carbocycles. The molecule has 0 unspecified atom stereocenters. The fourth-order valence-corrected chi connectivity index (χ4v) is 2.18. The van der Waals surface area contributed by atoms with E-state index in [0.29, 0.717) is 0 Å². The number of hydrogen-bond donors (Lipinski definition) is 0. The topological polar surface area (TPSA) is 0 Å². The molecule has 0 heteroatoms.